The summed E-state index contributed by atoms with van der Waals surface area (Å²) in [6.45, 7) is 0. The molecule has 0 fully saturated rings. The van der Waals surface area contributed by atoms with Crippen LogP contribution in [0.4, 0.5) is 0 Å². The van der Waals surface area contributed by atoms with Crippen molar-refractivity contribution in [3.63, 3.8) is 0 Å². The smallest absolute Gasteiger partial charge is 0.164 e. The maximum atomic E-state index is 5.40. The zero-order valence-corrected chi connectivity index (χ0v) is 34.4. The van der Waals surface area contributed by atoms with Crippen LogP contribution in [0.3, 0.4) is 0 Å². The van der Waals surface area contributed by atoms with Crippen molar-refractivity contribution in [2.24, 2.45) is 0 Å². The van der Waals surface area contributed by atoms with Gasteiger partial charge in [0.1, 0.15) is 0 Å². The predicted octanol–water partition coefficient (Wildman–Crippen LogP) is 14.9. The molecular weight excluding hydrogens is 771 g/mol. The number of benzene rings is 9. The Balaban J connectivity index is 1.06. The molecule has 1 aliphatic carbocycles. The molecule has 4 heteroatoms. The van der Waals surface area contributed by atoms with E-state index in [1.54, 1.807) is 0 Å². The van der Waals surface area contributed by atoms with Crippen LogP contribution in [-0.4, -0.2) is 15.0 Å². The molecule has 9 aromatic carbocycles. The van der Waals surface area contributed by atoms with Gasteiger partial charge >= 0.3 is 0 Å². The monoisotopic (exact) mass is 807 g/mol. The zero-order chi connectivity index (χ0) is 41.0. The van der Waals surface area contributed by atoms with E-state index < -0.39 is 5.41 Å². The first-order chi connectivity index (χ1) is 30.7. The Morgan fingerprint density at radius 1 is 0.306 bits per heavy atom. The fourth-order valence-corrected chi connectivity index (χ4v) is 10.8. The summed E-state index contributed by atoms with van der Waals surface area (Å²) < 4.78 is 2.58. The Morgan fingerprint density at radius 2 is 0.806 bits per heavy atom. The lowest BCUT2D eigenvalue weighted by Crippen LogP contribution is -2.28. The molecule has 0 unspecified atom stereocenters. The molecule has 0 atom stereocenters. The van der Waals surface area contributed by atoms with Gasteiger partial charge in [0.2, 0.25) is 0 Å². The van der Waals surface area contributed by atoms with Crippen LogP contribution >= 0.6 is 11.3 Å². The second-order valence-corrected chi connectivity index (χ2v) is 17.0. The average molecular weight is 808 g/mol. The highest BCUT2D eigenvalue weighted by Gasteiger charge is 2.47. The van der Waals surface area contributed by atoms with Crippen molar-refractivity contribution in [2.75, 3.05) is 0 Å². The van der Waals surface area contributed by atoms with Crippen molar-refractivity contribution in [2.45, 2.75) is 5.41 Å². The predicted molar refractivity (Wildman–Crippen MR) is 257 cm³/mol. The first kappa shape index (κ1) is 36.1. The van der Waals surface area contributed by atoms with Gasteiger partial charge in [0.05, 0.1) is 5.41 Å². The van der Waals surface area contributed by atoms with Crippen LogP contribution in [0.5, 0.6) is 0 Å². The number of aromatic nitrogens is 3. The normalized spacial score (nSPS) is 12.6. The SMILES string of the molecule is c1ccc(-c2ccc(-c3nc(-c4cccc(-c5ccc6c(c5)sc5ccccc56)c4)nc(-c4cccc5c4-c4ccccc4C5(c4ccccc4)c4ccccc4)n3)cc2)cc1. The van der Waals surface area contributed by atoms with E-state index in [2.05, 4.69) is 218 Å². The topological polar surface area (TPSA) is 38.7 Å². The van der Waals surface area contributed by atoms with Crippen molar-refractivity contribution < 1.29 is 0 Å². The molecule has 0 N–H and O–H groups in total. The van der Waals surface area contributed by atoms with Crippen molar-refractivity contribution in [1.82, 2.24) is 15.0 Å². The van der Waals surface area contributed by atoms with E-state index in [9.17, 15) is 0 Å². The minimum atomic E-state index is -0.541. The summed E-state index contributed by atoms with van der Waals surface area (Å²) in [4.78, 5) is 16.0. The lowest BCUT2D eigenvalue weighted by atomic mass is 9.67. The van der Waals surface area contributed by atoms with Gasteiger partial charge in [-0.2, -0.15) is 0 Å². The highest BCUT2D eigenvalue weighted by atomic mass is 32.1. The number of fused-ring (bicyclic) bond motifs is 6. The van der Waals surface area contributed by atoms with Gasteiger partial charge in [-0.1, -0.05) is 206 Å². The van der Waals surface area contributed by atoms with Gasteiger partial charge in [0, 0.05) is 36.9 Å². The summed E-state index contributed by atoms with van der Waals surface area (Å²) >= 11 is 1.84. The van der Waals surface area contributed by atoms with Crippen LogP contribution in [-0.2, 0) is 5.41 Å². The lowest BCUT2D eigenvalue weighted by Gasteiger charge is -2.33. The van der Waals surface area contributed by atoms with E-state index in [1.165, 1.54) is 53.6 Å². The number of hydrogen-bond donors (Lipinski definition) is 0. The van der Waals surface area contributed by atoms with Gasteiger partial charge in [0.25, 0.3) is 0 Å². The third-order valence-corrected chi connectivity index (χ3v) is 13.6. The largest absolute Gasteiger partial charge is 0.208 e. The maximum absolute atomic E-state index is 5.40. The quantitative estimate of drug-likeness (QED) is 0.161. The van der Waals surface area contributed by atoms with Crippen LogP contribution < -0.4 is 0 Å². The van der Waals surface area contributed by atoms with Crippen LogP contribution in [0.1, 0.15) is 22.3 Å². The van der Waals surface area contributed by atoms with Crippen LogP contribution in [0.2, 0.25) is 0 Å². The lowest BCUT2D eigenvalue weighted by molar-refractivity contribution is 0.768. The molecule has 0 bridgehead atoms. The van der Waals surface area contributed by atoms with E-state index in [0.717, 1.165) is 38.9 Å². The molecule has 62 heavy (non-hydrogen) atoms. The zero-order valence-electron chi connectivity index (χ0n) is 33.6. The third-order valence-electron chi connectivity index (χ3n) is 12.4. The number of nitrogens with zero attached hydrogens (tertiary/aromatic N) is 3. The Kier molecular flexibility index (Phi) is 8.58. The molecule has 12 rings (SSSR count). The Morgan fingerprint density at radius 3 is 1.58 bits per heavy atom. The number of thiophene rings is 1. The molecule has 290 valence electrons. The highest BCUT2D eigenvalue weighted by Crippen LogP contribution is 2.58. The van der Waals surface area contributed by atoms with E-state index in [-0.39, 0.29) is 0 Å². The van der Waals surface area contributed by atoms with E-state index in [4.69, 9.17) is 15.0 Å². The van der Waals surface area contributed by atoms with Crippen molar-refractivity contribution in [3.05, 3.63) is 247 Å². The van der Waals surface area contributed by atoms with E-state index >= 15 is 0 Å². The molecule has 2 heterocycles. The number of hydrogen-bond acceptors (Lipinski definition) is 4. The molecule has 2 aromatic heterocycles. The minimum Gasteiger partial charge on any atom is -0.208 e. The fourth-order valence-electron chi connectivity index (χ4n) is 9.62. The van der Waals surface area contributed by atoms with Crippen molar-refractivity contribution >= 4 is 31.5 Å². The second kappa shape index (κ2) is 14.7. The van der Waals surface area contributed by atoms with Gasteiger partial charge in [-0.3, -0.25) is 0 Å². The van der Waals surface area contributed by atoms with E-state index in [0.29, 0.717) is 17.5 Å². The van der Waals surface area contributed by atoms with Crippen LogP contribution in [0.25, 0.3) is 87.7 Å². The van der Waals surface area contributed by atoms with Crippen molar-refractivity contribution in [3.8, 4) is 67.5 Å². The maximum Gasteiger partial charge on any atom is 0.164 e. The summed E-state index contributed by atoms with van der Waals surface area (Å²) in [5.74, 6) is 1.89. The van der Waals surface area contributed by atoms with E-state index in [1.807, 2.05) is 17.4 Å². The summed E-state index contributed by atoms with van der Waals surface area (Å²) in [6.07, 6.45) is 0. The van der Waals surface area contributed by atoms with Crippen LogP contribution in [0, 0.1) is 0 Å². The average Bonchev–Trinajstić information content (AvgIpc) is 3.88. The standard InChI is InChI=1S/C58H37N3S/c1-4-16-38(17-5-1)39-30-32-40(33-31-39)55-59-56(43-19-14-18-41(36-43)42-34-35-47-46-24-11-13-29-52(46)62-53(47)37-42)61-57(60-55)49-26-15-28-51-54(49)48-25-10-12-27-50(48)58(51,44-20-6-2-7-21-44)45-22-8-3-9-23-45/h1-37H. The Hall–Kier alpha value is -7.79. The molecule has 0 amide bonds. The Labute approximate surface area is 364 Å². The minimum absolute atomic E-state index is 0.541. The molecule has 3 nitrogen and oxygen atoms in total. The van der Waals surface area contributed by atoms with Gasteiger partial charge in [-0.25, -0.2) is 15.0 Å². The third kappa shape index (κ3) is 5.83. The summed E-state index contributed by atoms with van der Waals surface area (Å²) in [5, 5.41) is 2.59. The molecule has 1 aliphatic rings. The summed E-state index contributed by atoms with van der Waals surface area (Å²) in [7, 11) is 0. The summed E-state index contributed by atoms with van der Waals surface area (Å²) in [5.41, 5.74) is 14.1. The van der Waals surface area contributed by atoms with Gasteiger partial charge in [-0.15, -0.1) is 11.3 Å². The van der Waals surface area contributed by atoms with Gasteiger partial charge in [-0.05, 0) is 73.8 Å². The van der Waals surface area contributed by atoms with Gasteiger partial charge in [0.15, 0.2) is 17.5 Å². The molecular formula is C58H37N3S. The first-order valence-corrected chi connectivity index (χ1v) is 21.8. The van der Waals surface area contributed by atoms with Crippen LogP contribution in [0.15, 0.2) is 224 Å². The van der Waals surface area contributed by atoms with Gasteiger partial charge < -0.3 is 0 Å². The molecule has 0 saturated carbocycles. The molecule has 0 spiro atoms. The second-order valence-electron chi connectivity index (χ2n) is 15.9. The molecule has 11 aromatic rings. The molecule has 0 aliphatic heterocycles. The number of rotatable bonds is 7. The first-order valence-electron chi connectivity index (χ1n) is 21.0. The Bertz CT molecular complexity index is 3410. The van der Waals surface area contributed by atoms with Crippen molar-refractivity contribution in [1.29, 1.82) is 0 Å². The molecule has 0 radical (unpaired) electrons. The highest BCUT2D eigenvalue weighted by molar-refractivity contribution is 7.25. The molecule has 0 saturated heterocycles. The summed E-state index contributed by atoms with van der Waals surface area (Å²) in [6, 6.07) is 80.4. The fraction of sp³-hybridized carbons (Fsp3) is 0.0172.